The number of likely N-dealkylation sites (tertiary alicyclic amines) is 2. The number of piperidine rings is 1. The summed E-state index contributed by atoms with van der Waals surface area (Å²) in [5, 5.41) is 12.3. The Morgan fingerprint density at radius 2 is 1.65 bits per heavy atom. The molecule has 9 heteroatoms. The smallest absolute Gasteiger partial charge is 0.241 e. The molecular formula is C22H30N6O2S. The van der Waals surface area contributed by atoms with Crippen molar-refractivity contribution in [3.8, 4) is 5.69 Å². The molecule has 8 nitrogen and oxygen atoms in total. The van der Waals surface area contributed by atoms with Crippen LogP contribution in [-0.4, -0.2) is 74.9 Å². The lowest BCUT2D eigenvalue weighted by molar-refractivity contribution is -0.131. The van der Waals surface area contributed by atoms with Crippen LogP contribution < -0.4 is 5.32 Å². The molecule has 2 fully saturated rings. The lowest BCUT2D eigenvalue weighted by Crippen LogP contribution is -2.39. The van der Waals surface area contributed by atoms with Crippen LogP contribution in [0.3, 0.4) is 0 Å². The van der Waals surface area contributed by atoms with Gasteiger partial charge in [0.25, 0.3) is 0 Å². The summed E-state index contributed by atoms with van der Waals surface area (Å²) in [4.78, 5) is 28.7. The fraction of sp³-hybridized carbons (Fsp3) is 0.545. The van der Waals surface area contributed by atoms with E-state index >= 15 is 0 Å². The number of nitrogens with one attached hydrogen (secondary N) is 1. The Balaban J connectivity index is 1.38. The molecule has 0 radical (unpaired) electrons. The van der Waals surface area contributed by atoms with Crippen LogP contribution in [0.15, 0.2) is 35.5 Å². The van der Waals surface area contributed by atoms with Gasteiger partial charge in [-0.25, -0.2) is 0 Å². The second-order valence-electron chi connectivity index (χ2n) is 8.06. The Labute approximate surface area is 187 Å². The van der Waals surface area contributed by atoms with Gasteiger partial charge in [-0.15, -0.1) is 10.2 Å². The molecule has 0 saturated carbocycles. The van der Waals surface area contributed by atoms with Gasteiger partial charge in [0.1, 0.15) is 0 Å². The van der Waals surface area contributed by atoms with Crippen LogP contribution in [0.4, 0.5) is 0 Å². The Morgan fingerprint density at radius 1 is 0.935 bits per heavy atom. The molecule has 2 aromatic rings. The maximum Gasteiger partial charge on any atom is 0.241 e. The molecule has 1 N–H and O–H groups in total. The first-order valence-corrected chi connectivity index (χ1v) is 12.1. The first-order chi connectivity index (χ1) is 15.2. The average molecular weight is 443 g/mol. The second kappa shape index (κ2) is 10.8. The summed E-state index contributed by atoms with van der Waals surface area (Å²) >= 11 is 1.35. The maximum absolute atomic E-state index is 12.3. The molecule has 166 valence electrons. The van der Waals surface area contributed by atoms with Crippen LogP contribution in [0, 0.1) is 0 Å². The van der Waals surface area contributed by atoms with Gasteiger partial charge in [-0.2, -0.15) is 0 Å². The molecule has 2 aliphatic rings. The van der Waals surface area contributed by atoms with Gasteiger partial charge < -0.3 is 10.2 Å². The fourth-order valence-electron chi connectivity index (χ4n) is 4.08. The Bertz CT molecular complexity index is 875. The summed E-state index contributed by atoms with van der Waals surface area (Å²) in [6, 6.07) is 10.0. The number of rotatable bonds is 8. The van der Waals surface area contributed by atoms with Crippen molar-refractivity contribution < 1.29 is 9.59 Å². The zero-order chi connectivity index (χ0) is 21.5. The van der Waals surface area contributed by atoms with E-state index in [4.69, 9.17) is 0 Å². The minimum Gasteiger partial charge on any atom is -0.346 e. The maximum atomic E-state index is 12.3. The van der Waals surface area contributed by atoms with Crippen LogP contribution in [0.2, 0.25) is 0 Å². The van der Waals surface area contributed by atoms with Gasteiger partial charge in [0, 0.05) is 18.8 Å². The van der Waals surface area contributed by atoms with Crippen LogP contribution in [0.1, 0.15) is 37.9 Å². The molecule has 2 saturated heterocycles. The van der Waals surface area contributed by atoms with Gasteiger partial charge >= 0.3 is 0 Å². The molecule has 1 aromatic heterocycles. The van der Waals surface area contributed by atoms with Crippen molar-refractivity contribution in [2.45, 2.75) is 43.8 Å². The summed E-state index contributed by atoms with van der Waals surface area (Å²) in [7, 11) is 0. The number of benzene rings is 1. The molecule has 4 rings (SSSR count). The molecule has 3 heterocycles. The quantitative estimate of drug-likeness (QED) is 0.631. The predicted octanol–water partition coefficient (Wildman–Crippen LogP) is 2.08. The number of para-hydroxylation sites is 1. The fourth-order valence-corrected chi connectivity index (χ4v) is 4.88. The highest BCUT2D eigenvalue weighted by molar-refractivity contribution is 7.99. The van der Waals surface area contributed by atoms with E-state index in [1.54, 1.807) is 0 Å². The summed E-state index contributed by atoms with van der Waals surface area (Å²) in [6.07, 6.45) is 5.82. The first-order valence-electron chi connectivity index (χ1n) is 11.1. The van der Waals surface area contributed by atoms with Crippen molar-refractivity contribution in [2.75, 3.05) is 38.5 Å². The molecule has 31 heavy (non-hydrogen) atoms. The standard InChI is InChI=1S/C22H30N6O2S/c29-20(23-15-21(30)27-13-7-8-14-27)17-31-22-25-24-19(16-26-11-5-2-6-12-26)28(22)18-9-3-1-4-10-18/h1,3-4,9-10H,2,5-8,11-17H2,(H,23,29). The zero-order valence-corrected chi connectivity index (χ0v) is 18.6. The summed E-state index contributed by atoms with van der Waals surface area (Å²) < 4.78 is 2.04. The highest BCUT2D eigenvalue weighted by atomic mass is 32.2. The minimum atomic E-state index is -0.169. The van der Waals surface area contributed by atoms with E-state index in [0.717, 1.165) is 57.1 Å². The van der Waals surface area contributed by atoms with Crippen LogP contribution in [0.25, 0.3) is 5.69 Å². The van der Waals surface area contributed by atoms with Crippen molar-refractivity contribution in [2.24, 2.45) is 0 Å². The Kier molecular flexibility index (Phi) is 7.58. The van der Waals surface area contributed by atoms with E-state index in [2.05, 4.69) is 20.4 Å². The topological polar surface area (TPSA) is 83.4 Å². The van der Waals surface area contributed by atoms with Crippen LogP contribution in [0.5, 0.6) is 0 Å². The molecule has 0 spiro atoms. The second-order valence-corrected chi connectivity index (χ2v) is 9.00. The largest absolute Gasteiger partial charge is 0.346 e. The number of aromatic nitrogens is 3. The van der Waals surface area contributed by atoms with Crippen LogP contribution >= 0.6 is 11.8 Å². The van der Waals surface area contributed by atoms with Gasteiger partial charge in [-0.05, 0) is 50.9 Å². The van der Waals surface area contributed by atoms with E-state index in [9.17, 15) is 9.59 Å². The normalized spacial score (nSPS) is 17.1. The molecule has 0 bridgehead atoms. The third-order valence-electron chi connectivity index (χ3n) is 5.76. The Hall–Kier alpha value is -2.39. The molecular weight excluding hydrogens is 412 g/mol. The van der Waals surface area contributed by atoms with E-state index in [0.29, 0.717) is 5.16 Å². The van der Waals surface area contributed by atoms with E-state index in [1.807, 2.05) is 39.8 Å². The number of hydrogen-bond acceptors (Lipinski definition) is 6. The summed E-state index contributed by atoms with van der Waals surface area (Å²) in [6.45, 7) is 4.56. The monoisotopic (exact) mass is 442 g/mol. The zero-order valence-electron chi connectivity index (χ0n) is 17.8. The highest BCUT2D eigenvalue weighted by Crippen LogP contribution is 2.23. The van der Waals surface area contributed by atoms with Crippen molar-refractivity contribution >= 4 is 23.6 Å². The van der Waals surface area contributed by atoms with Crippen molar-refractivity contribution in [1.29, 1.82) is 0 Å². The van der Waals surface area contributed by atoms with E-state index in [1.165, 1.54) is 31.0 Å². The first kappa shape index (κ1) is 21.8. The predicted molar refractivity (Wildman–Crippen MR) is 120 cm³/mol. The number of nitrogens with zero attached hydrogens (tertiary/aromatic N) is 5. The number of carbonyl (C=O) groups excluding carboxylic acids is 2. The summed E-state index contributed by atoms with van der Waals surface area (Å²) in [5.74, 6) is 0.909. The van der Waals surface area contributed by atoms with E-state index < -0.39 is 0 Å². The van der Waals surface area contributed by atoms with Crippen LogP contribution in [-0.2, 0) is 16.1 Å². The molecule has 2 aliphatic heterocycles. The van der Waals surface area contributed by atoms with Gasteiger partial charge in [0.2, 0.25) is 11.8 Å². The molecule has 2 amide bonds. The SMILES string of the molecule is O=C(CSc1nnc(CN2CCCCC2)n1-c1ccccc1)NCC(=O)N1CCCC1. The Morgan fingerprint density at radius 3 is 2.39 bits per heavy atom. The lowest BCUT2D eigenvalue weighted by Gasteiger charge is -2.26. The van der Waals surface area contributed by atoms with Crippen molar-refractivity contribution in [1.82, 2.24) is 29.9 Å². The van der Waals surface area contributed by atoms with Crippen molar-refractivity contribution in [3.63, 3.8) is 0 Å². The van der Waals surface area contributed by atoms with Gasteiger partial charge in [0.05, 0.1) is 18.8 Å². The molecule has 0 atom stereocenters. The van der Waals surface area contributed by atoms with Crippen molar-refractivity contribution in [3.05, 3.63) is 36.2 Å². The number of hydrogen-bond donors (Lipinski definition) is 1. The molecule has 0 unspecified atom stereocenters. The molecule has 1 aromatic carbocycles. The number of amides is 2. The van der Waals surface area contributed by atoms with Gasteiger partial charge in [-0.3, -0.25) is 19.1 Å². The van der Waals surface area contributed by atoms with Gasteiger partial charge in [0.15, 0.2) is 11.0 Å². The summed E-state index contributed by atoms with van der Waals surface area (Å²) in [5.41, 5.74) is 0.992. The number of thioether (sulfide) groups is 1. The number of carbonyl (C=O) groups is 2. The minimum absolute atomic E-state index is 0.00730. The lowest BCUT2D eigenvalue weighted by atomic mass is 10.1. The highest BCUT2D eigenvalue weighted by Gasteiger charge is 2.21. The van der Waals surface area contributed by atoms with Gasteiger partial charge in [-0.1, -0.05) is 36.4 Å². The average Bonchev–Trinajstić information content (AvgIpc) is 3.48. The van der Waals surface area contributed by atoms with E-state index in [-0.39, 0.29) is 24.1 Å². The third-order valence-corrected chi connectivity index (χ3v) is 6.69. The molecule has 0 aliphatic carbocycles. The third kappa shape index (κ3) is 5.86.